The number of halogens is 1. The first-order valence-electron chi connectivity index (χ1n) is 6.71. The molecule has 19 heavy (non-hydrogen) atoms. The van der Waals surface area contributed by atoms with Gasteiger partial charge in [0.15, 0.2) is 0 Å². The van der Waals surface area contributed by atoms with Crippen LogP contribution in [-0.2, 0) is 6.42 Å². The van der Waals surface area contributed by atoms with Gasteiger partial charge in [-0.05, 0) is 55.5 Å². The summed E-state index contributed by atoms with van der Waals surface area (Å²) in [5.41, 5.74) is 5.05. The summed E-state index contributed by atoms with van der Waals surface area (Å²) in [6.07, 6.45) is 2.09. The lowest BCUT2D eigenvalue weighted by molar-refractivity contribution is 0.862. The topological polar surface area (TPSA) is 12.0 Å². The lowest BCUT2D eigenvalue weighted by atomic mass is 10.1. The van der Waals surface area contributed by atoms with Crippen LogP contribution in [0.25, 0.3) is 0 Å². The second kappa shape index (κ2) is 6.63. The van der Waals surface area contributed by atoms with Crippen molar-refractivity contribution in [1.82, 2.24) is 0 Å². The molecule has 0 aliphatic heterocycles. The molecule has 2 aromatic carbocycles. The van der Waals surface area contributed by atoms with E-state index in [1.54, 1.807) is 0 Å². The molecular formula is C17H20ClN. The number of hydrogen-bond acceptors (Lipinski definition) is 1. The van der Waals surface area contributed by atoms with Crippen LogP contribution in [0, 0.1) is 13.8 Å². The van der Waals surface area contributed by atoms with Crippen molar-refractivity contribution in [3.63, 3.8) is 0 Å². The molecule has 2 heteroatoms. The average molecular weight is 274 g/mol. The number of hydrogen-bond donors (Lipinski definition) is 1. The van der Waals surface area contributed by atoms with Gasteiger partial charge in [-0.15, -0.1) is 0 Å². The van der Waals surface area contributed by atoms with Gasteiger partial charge in [-0.25, -0.2) is 0 Å². The first kappa shape index (κ1) is 14.0. The third-order valence-corrected chi connectivity index (χ3v) is 3.66. The Morgan fingerprint density at radius 3 is 2.63 bits per heavy atom. The second-order valence-electron chi connectivity index (χ2n) is 4.94. The molecule has 0 bridgehead atoms. The molecule has 0 atom stereocenters. The maximum atomic E-state index is 6.15. The fourth-order valence-corrected chi connectivity index (χ4v) is 2.36. The lowest BCUT2D eigenvalue weighted by Crippen LogP contribution is -2.04. The van der Waals surface area contributed by atoms with Crippen molar-refractivity contribution in [2.45, 2.75) is 26.7 Å². The summed E-state index contributed by atoms with van der Waals surface area (Å²) in [5.74, 6) is 0. The zero-order chi connectivity index (χ0) is 13.7. The van der Waals surface area contributed by atoms with Crippen molar-refractivity contribution in [2.75, 3.05) is 11.9 Å². The quantitative estimate of drug-likeness (QED) is 0.756. The molecule has 0 radical (unpaired) electrons. The summed E-state index contributed by atoms with van der Waals surface area (Å²) < 4.78 is 0. The Kier molecular flexibility index (Phi) is 4.86. The van der Waals surface area contributed by atoms with Crippen molar-refractivity contribution in [3.8, 4) is 0 Å². The van der Waals surface area contributed by atoms with E-state index in [1.807, 2.05) is 18.2 Å². The number of nitrogens with one attached hydrogen (secondary N) is 1. The molecule has 0 saturated heterocycles. The molecule has 0 heterocycles. The molecular weight excluding hydrogens is 254 g/mol. The molecule has 2 aromatic rings. The van der Waals surface area contributed by atoms with E-state index in [-0.39, 0.29) is 0 Å². The van der Waals surface area contributed by atoms with Gasteiger partial charge in [-0.1, -0.05) is 41.9 Å². The van der Waals surface area contributed by atoms with Crippen LogP contribution in [0.4, 0.5) is 5.69 Å². The van der Waals surface area contributed by atoms with Crippen LogP contribution in [0.5, 0.6) is 0 Å². The first-order valence-corrected chi connectivity index (χ1v) is 7.09. The predicted octanol–water partition coefficient (Wildman–Crippen LogP) is 5.00. The third kappa shape index (κ3) is 4.00. The van der Waals surface area contributed by atoms with Crippen molar-refractivity contribution in [3.05, 3.63) is 64.2 Å². The highest BCUT2D eigenvalue weighted by Crippen LogP contribution is 2.18. The van der Waals surface area contributed by atoms with Gasteiger partial charge < -0.3 is 5.32 Å². The van der Waals surface area contributed by atoms with Crippen LogP contribution in [0.2, 0.25) is 5.02 Å². The van der Waals surface area contributed by atoms with E-state index in [0.29, 0.717) is 0 Å². The van der Waals surface area contributed by atoms with Crippen LogP contribution in [-0.4, -0.2) is 6.54 Å². The van der Waals surface area contributed by atoms with Gasteiger partial charge in [-0.3, -0.25) is 0 Å². The van der Waals surface area contributed by atoms with Crippen LogP contribution >= 0.6 is 11.6 Å². The molecule has 100 valence electrons. The zero-order valence-electron chi connectivity index (χ0n) is 11.5. The Morgan fingerprint density at radius 1 is 1.05 bits per heavy atom. The summed E-state index contributed by atoms with van der Waals surface area (Å²) in [6, 6.07) is 14.6. The summed E-state index contributed by atoms with van der Waals surface area (Å²) in [7, 11) is 0. The number of rotatable bonds is 5. The van der Waals surface area contributed by atoms with E-state index in [9.17, 15) is 0 Å². The fraction of sp³-hybridized carbons (Fsp3) is 0.294. The summed E-state index contributed by atoms with van der Waals surface area (Å²) in [4.78, 5) is 0. The highest BCUT2D eigenvalue weighted by Gasteiger charge is 2.00. The molecule has 2 rings (SSSR count). The highest BCUT2D eigenvalue weighted by atomic mass is 35.5. The van der Waals surface area contributed by atoms with E-state index in [0.717, 1.165) is 24.4 Å². The molecule has 0 aromatic heterocycles. The maximum absolute atomic E-state index is 6.15. The predicted molar refractivity (Wildman–Crippen MR) is 84.2 cm³/mol. The summed E-state index contributed by atoms with van der Waals surface area (Å²) in [6.45, 7) is 5.22. The number of benzene rings is 2. The molecule has 0 spiro atoms. The van der Waals surface area contributed by atoms with Crippen molar-refractivity contribution < 1.29 is 0 Å². The van der Waals surface area contributed by atoms with E-state index in [2.05, 4.69) is 43.4 Å². The van der Waals surface area contributed by atoms with Crippen LogP contribution in [0.3, 0.4) is 0 Å². The lowest BCUT2D eigenvalue weighted by Gasteiger charge is -2.10. The average Bonchev–Trinajstić information content (AvgIpc) is 2.40. The SMILES string of the molecule is Cc1ccc(C)c(NCCCc2ccccc2Cl)c1. The van der Waals surface area contributed by atoms with Crippen molar-refractivity contribution in [1.29, 1.82) is 0 Å². The van der Waals surface area contributed by atoms with Crippen molar-refractivity contribution in [2.24, 2.45) is 0 Å². The summed E-state index contributed by atoms with van der Waals surface area (Å²) >= 11 is 6.15. The zero-order valence-corrected chi connectivity index (χ0v) is 12.3. The van der Waals surface area contributed by atoms with Gasteiger partial charge in [0.05, 0.1) is 0 Å². The van der Waals surface area contributed by atoms with Gasteiger partial charge in [0.25, 0.3) is 0 Å². The smallest absolute Gasteiger partial charge is 0.0437 e. The van der Waals surface area contributed by atoms with Crippen LogP contribution < -0.4 is 5.32 Å². The first-order chi connectivity index (χ1) is 9.16. The molecule has 0 amide bonds. The van der Waals surface area contributed by atoms with Crippen LogP contribution in [0.15, 0.2) is 42.5 Å². The Morgan fingerprint density at radius 2 is 1.84 bits per heavy atom. The summed E-state index contributed by atoms with van der Waals surface area (Å²) in [5, 5.41) is 4.37. The fourth-order valence-electron chi connectivity index (χ4n) is 2.13. The molecule has 0 aliphatic rings. The molecule has 1 nitrogen and oxygen atoms in total. The molecule has 0 aliphatic carbocycles. The monoisotopic (exact) mass is 273 g/mol. The minimum absolute atomic E-state index is 0.870. The second-order valence-corrected chi connectivity index (χ2v) is 5.35. The van der Waals surface area contributed by atoms with Crippen LogP contribution in [0.1, 0.15) is 23.1 Å². The third-order valence-electron chi connectivity index (χ3n) is 3.29. The Balaban J connectivity index is 1.84. The Labute approximate surface area is 120 Å². The van der Waals surface area contributed by atoms with E-state index in [4.69, 9.17) is 11.6 Å². The Hall–Kier alpha value is -1.47. The molecule has 0 saturated carbocycles. The van der Waals surface area contributed by atoms with E-state index >= 15 is 0 Å². The molecule has 0 unspecified atom stereocenters. The minimum Gasteiger partial charge on any atom is -0.385 e. The van der Waals surface area contributed by atoms with E-state index < -0.39 is 0 Å². The van der Waals surface area contributed by atoms with Gasteiger partial charge in [0.2, 0.25) is 0 Å². The van der Waals surface area contributed by atoms with Gasteiger partial charge >= 0.3 is 0 Å². The van der Waals surface area contributed by atoms with Gasteiger partial charge in [0, 0.05) is 17.3 Å². The molecule has 0 fully saturated rings. The van der Waals surface area contributed by atoms with Gasteiger partial charge in [0.1, 0.15) is 0 Å². The Bertz CT molecular complexity index is 549. The standard InChI is InChI=1S/C17H20ClN/c1-13-9-10-14(2)17(12-13)19-11-5-7-15-6-3-4-8-16(15)18/h3-4,6,8-10,12,19H,5,7,11H2,1-2H3. The minimum atomic E-state index is 0.870. The van der Waals surface area contributed by atoms with Gasteiger partial charge in [-0.2, -0.15) is 0 Å². The number of aryl methyl sites for hydroxylation is 3. The molecule has 1 N–H and O–H groups in total. The van der Waals surface area contributed by atoms with Crippen molar-refractivity contribution >= 4 is 17.3 Å². The number of anilines is 1. The van der Waals surface area contributed by atoms with E-state index in [1.165, 1.54) is 22.4 Å². The normalized spacial score (nSPS) is 10.5. The maximum Gasteiger partial charge on any atom is 0.0437 e. The highest BCUT2D eigenvalue weighted by molar-refractivity contribution is 6.31. The largest absolute Gasteiger partial charge is 0.385 e.